The summed E-state index contributed by atoms with van der Waals surface area (Å²) >= 11 is 5.23. The van der Waals surface area contributed by atoms with Crippen molar-refractivity contribution < 1.29 is 18.4 Å². The van der Waals surface area contributed by atoms with Gasteiger partial charge < -0.3 is 5.32 Å². The van der Waals surface area contributed by atoms with Crippen LogP contribution in [-0.2, 0) is 22.1 Å². The molecule has 0 saturated heterocycles. The fourth-order valence-electron chi connectivity index (χ4n) is 2.81. The molecule has 158 valence electrons. The summed E-state index contributed by atoms with van der Waals surface area (Å²) in [5.74, 6) is 0.749. The van der Waals surface area contributed by atoms with Crippen LogP contribution in [0, 0.1) is 5.82 Å². The van der Waals surface area contributed by atoms with Crippen LogP contribution in [0.4, 0.5) is 4.39 Å². The average Bonchev–Trinajstić information content (AvgIpc) is 2.70. The van der Waals surface area contributed by atoms with E-state index in [9.17, 15) is 8.96 Å². The predicted octanol–water partition coefficient (Wildman–Crippen LogP) is 6.24. The van der Waals surface area contributed by atoms with Crippen LogP contribution < -0.4 is 5.32 Å². The molecule has 2 aromatic rings. The van der Waals surface area contributed by atoms with E-state index in [2.05, 4.69) is 50.0 Å². The van der Waals surface area contributed by atoms with E-state index in [-0.39, 0.29) is 12.4 Å². The molecule has 0 aliphatic carbocycles. The lowest BCUT2D eigenvalue weighted by atomic mass is 10.1. The van der Waals surface area contributed by atoms with E-state index in [0.29, 0.717) is 25.1 Å². The van der Waals surface area contributed by atoms with Gasteiger partial charge in [-0.05, 0) is 71.6 Å². The fourth-order valence-corrected chi connectivity index (χ4v) is 4.78. The molecule has 0 aromatic heterocycles. The number of thioether (sulfide) groups is 1. The molecule has 0 radical (unpaired) electrons. The minimum atomic E-state index is -2.54. The Balaban J connectivity index is 1.65. The molecule has 0 amide bonds. The maximum atomic E-state index is 14.4. The Morgan fingerprint density at radius 1 is 1.14 bits per heavy atom. The third-order valence-electron chi connectivity index (χ3n) is 4.33. The molecule has 0 spiro atoms. The van der Waals surface area contributed by atoms with Crippen molar-refractivity contribution in [3.8, 4) is 0 Å². The summed E-state index contributed by atoms with van der Waals surface area (Å²) in [5.41, 5.74) is 1.98. The lowest BCUT2D eigenvalue weighted by Crippen LogP contribution is -2.16. The highest BCUT2D eigenvalue weighted by Crippen LogP contribution is 2.31. The highest BCUT2D eigenvalue weighted by Gasteiger charge is 2.11. The highest BCUT2D eigenvalue weighted by molar-refractivity contribution is 9.10. The van der Waals surface area contributed by atoms with Crippen molar-refractivity contribution in [1.29, 1.82) is 0 Å². The number of nitrogens with one attached hydrogen (secondary N) is 1. The summed E-state index contributed by atoms with van der Waals surface area (Å²) in [6, 6.07) is 13.9. The molecule has 0 heterocycles. The van der Waals surface area contributed by atoms with E-state index in [0.717, 1.165) is 34.4 Å². The van der Waals surface area contributed by atoms with E-state index >= 15 is 0 Å². The van der Waals surface area contributed by atoms with Gasteiger partial charge in [-0.15, -0.1) is 21.2 Å². The van der Waals surface area contributed by atoms with Crippen LogP contribution in [0.25, 0.3) is 0 Å². The molecule has 1 unspecified atom stereocenters. The van der Waals surface area contributed by atoms with Crippen molar-refractivity contribution >= 4 is 35.9 Å². The van der Waals surface area contributed by atoms with Crippen molar-refractivity contribution in [3.63, 3.8) is 0 Å². The highest BCUT2D eigenvalue weighted by atomic mass is 79.9. The quantitative estimate of drug-likeness (QED) is 0.182. The summed E-state index contributed by atoms with van der Waals surface area (Å²) in [7, 11) is -2.54. The summed E-state index contributed by atoms with van der Waals surface area (Å²) in [6.45, 7) is 1.19. The van der Waals surface area contributed by atoms with Gasteiger partial charge in [0.25, 0.3) is 0 Å². The molecule has 4 nitrogen and oxygen atoms in total. The number of hydrogen-bond donors (Lipinski definition) is 2. The molecule has 0 bridgehead atoms. The lowest BCUT2D eigenvalue weighted by molar-refractivity contribution is 0.276. The second-order valence-electron chi connectivity index (χ2n) is 6.62. The van der Waals surface area contributed by atoms with Gasteiger partial charge in [0.2, 0.25) is 0 Å². The summed E-state index contributed by atoms with van der Waals surface area (Å²) < 4.78 is 30.2. The molecule has 1 atom stereocenters. The van der Waals surface area contributed by atoms with Crippen LogP contribution in [0.1, 0.15) is 36.8 Å². The van der Waals surface area contributed by atoms with Crippen LogP contribution in [0.15, 0.2) is 51.8 Å². The number of hydrogen-bond acceptors (Lipinski definition) is 4. The van der Waals surface area contributed by atoms with E-state index in [1.807, 2.05) is 12.1 Å². The maximum absolute atomic E-state index is 14.4. The third kappa shape index (κ3) is 10.2. The van der Waals surface area contributed by atoms with E-state index < -0.39 is 8.25 Å². The predicted molar refractivity (Wildman–Crippen MR) is 121 cm³/mol. The van der Waals surface area contributed by atoms with Gasteiger partial charge in [0.15, 0.2) is 0 Å². The molecule has 29 heavy (non-hydrogen) atoms. The Kier molecular flexibility index (Phi) is 12.0. The molecular formula is C21H27BrFNO3PS+. The zero-order valence-corrected chi connectivity index (χ0v) is 19.6. The van der Waals surface area contributed by atoms with Crippen LogP contribution >= 0.6 is 35.9 Å². The molecule has 2 rings (SSSR count). The molecule has 2 N–H and O–H groups in total. The van der Waals surface area contributed by atoms with E-state index in [4.69, 9.17) is 4.89 Å². The van der Waals surface area contributed by atoms with Gasteiger partial charge in [0, 0.05) is 26.0 Å². The Labute approximate surface area is 185 Å². The van der Waals surface area contributed by atoms with Gasteiger partial charge in [0.05, 0.1) is 0 Å². The Hall–Kier alpha value is -0.820. The zero-order valence-electron chi connectivity index (χ0n) is 16.3. The first-order valence-electron chi connectivity index (χ1n) is 9.70. The minimum absolute atomic E-state index is 0.200. The minimum Gasteiger partial charge on any atom is -0.312 e. The van der Waals surface area contributed by atoms with E-state index in [1.54, 1.807) is 17.8 Å². The maximum Gasteiger partial charge on any atom is 0.694 e. The smallest absolute Gasteiger partial charge is 0.312 e. The summed E-state index contributed by atoms with van der Waals surface area (Å²) in [6.07, 6.45) is 5.14. The molecule has 2 aromatic carbocycles. The average molecular weight is 503 g/mol. The Morgan fingerprint density at radius 3 is 2.69 bits per heavy atom. The lowest BCUT2D eigenvalue weighted by Gasteiger charge is -2.10. The van der Waals surface area contributed by atoms with Crippen molar-refractivity contribution in [2.45, 2.75) is 43.5 Å². The molecular weight excluding hydrogens is 476 g/mol. The zero-order chi connectivity index (χ0) is 20.9. The van der Waals surface area contributed by atoms with Crippen LogP contribution in [-0.4, -0.2) is 23.8 Å². The summed E-state index contributed by atoms with van der Waals surface area (Å²) in [5, 5.41) is 3.12. The molecule has 0 aliphatic rings. The first-order chi connectivity index (χ1) is 14.1. The van der Waals surface area contributed by atoms with Crippen molar-refractivity contribution in [3.05, 3.63) is 63.9 Å². The van der Waals surface area contributed by atoms with Crippen LogP contribution in [0.5, 0.6) is 0 Å². The SMILES string of the molecule is O=[P+](O)OCCCNCc1cc(Br)c(SCCCCCc2ccccc2)cc1F. The Bertz CT molecular complexity index is 767. The molecule has 0 saturated carbocycles. The number of benzene rings is 2. The normalized spacial score (nSPS) is 11.6. The number of halogens is 2. The first-order valence-corrected chi connectivity index (χ1v) is 12.6. The van der Waals surface area contributed by atoms with Crippen molar-refractivity contribution in [2.75, 3.05) is 18.9 Å². The van der Waals surface area contributed by atoms with Gasteiger partial charge in [-0.25, -0.2) is 4.39 Å². The van der Waals surface area contributed by atoms with Gasteiger partial charge in [-0.1, -0.05) is 36.8 Å². The van der Waals surface area contributed by atoms with Gasteiger partial charge >= 0.3 is 8.25 Å². The van der Waals surface area contributed by atoms with Crippen molar-refractivity contribution in [2.24, 2.45) is 0 Å². The van der Waals surface area contributed by atoms with Crippen molar-refractivity contribution in [1.82, 2.24) is 5.32 Å². The standard InChI is InChI=1S/C21H26BrFNO3PS/c22-19-14-18(16-24-11-7-12-27-28(25)26)20(23)15-21(19)29-13-6-2-5-10-17-8-3-1-4-9-17/h1,3-4,8-9,14-15,24H,2,5-7,10-13,16H2/p+1. The first kappa shape index (κ1) is 24.4. The largest absolute Gasteiger partial charge is 0.694 e. The Morgan fingerprint density at radius 2 is 1.93 bits per heavy atom. The summed E-state index contributed by atoms with van der Waals surface area (Å²) in [4.78, 5) is 9.47. The number of aryl methyl sites for hydroxylation is 1. The molecule has 8 heteroatoms. The van der Waals surface area contributed by atoms with Gasteiger partial charge in [-0.2, -0.15) is 0 Å². The number of unbranched alkanes of at least 4 members (excludes halogenated alkanes) is 2. The topological polar surface area (TPSA) is 58.6 Å². The van der Waals surface area contributed by atoms with Gasteiger partial charge in [0.1, 0.15) is 12.4 Å². The van der Waals surface area contributed by atoms with E-state index in [1.165, 1.54) is 12.0 Å². The second kappa shape index (κ2) is 14.2. The molecule has 0 aliphatic heterocycles. The third-order valence-corrected chi connectivity index (χ3v) is 6.79. The van der Waals surface area contributed by atoms with Crippen LogP contribution in [0.3, 0.4) is 0 Å². The second-order valence-corrected chi connectivity index (χ2v) is 9.35. The molecule has 0 fully saturated rings. The number of rotatable bonds is 14. The van der Waals surface area contributed by atoms with Gasteiger partial charge in [-0.3, -0.25) is 0 Å². The fraction of sp³-hybridized carbons (Fsp3) is 0.429. The monoisotopic (exact) mass is 502 g/mol. The van der Waals surface area contributed by atoms with Crippen LogP contribution in [0.2, 0.25) is 0 Å².